The van der Waals surface area contributed by atoms with Gasteiger partial charge in [-0.15, -0.1) is 0 Å². The molecule has 0 radical (unpaired) electrons. The van der Waals surface area contributed by atoms with Crippen molar-refractivity contribution in [2.24, 2.45) is 11.8 Å². The average Bonchev–Trinajstić information content (AvgIpc) is 2.18. The molecule has 0 saturated carbocycles. The fourth-order valence-corrected chi connectivity index (χ4v) is 1.96. The summed E-state index contributed by atoms with van der Waals surface area (Å²) in [6.45, 7) is 9.23. The van der Waals surface area contributed by atoms with Gasteiger partial charge in [0.2, 0.25) is 0 Å². The topological polar surface area (TPSA) is 0 Å². The van der Waals surface area contributed by atoms with E-state index >= 15 is 0 Å². The lowest BCUT2D eigenvalue weighted by atomic mass is 9.87. The minimum atomic E-state index is 0.813. The van der Waals surface area contributed by atoms with E-state index in [9.17, 15) is 0 Å². The van der Waals surface area contributed by atoms with Crippen molar-refractivity contribution in [2.75, 3.05) is 0 Å². The molecule has 0 bridgehead atoms. The molecule has 2 atom stereocenters. The summed E-state index contributed by atoms with van der Waals surface area (Å²) in [6.07, 6.45) is 12.2. The maximum absolute atomic E-state index is 2.60. The van der Waals surface area contributed by atoms with Crippen LogP contribution in [0.2, 0.25) is 0 Å². The predicted molar refractivity (Wildman–Crippen MR) is 66.3 cm³/mol. The third-order valence-corrected chi connectivity index (χ3v) is 3.08. The van der Waals surface area contributed by atoms with Gasteiger partial charge in [0.25, 0.3) is 0 Å². The largest absolute Gasteiger partial charge is 0.0980 e. The Hall–Kier alpha value is -0.130. The van der Waals surface area contributed by atoms with Crippen LogP contribution in [0, 0.1) is 18.3 Å². The van der Waals surface area contributed by atoms with Crippen LogP contribution in [-0.2, 0) is 0 Å². The molecule has 0 aliphatic rings. The van der Waals surface area contributed by atoms with Crippen molar-refractivity contribution in [1.29, 1.82) is 0 Å². The van der Waals surface area contributed by atoms with E-state index in [1.165, 1.54) is 44.9 Å². The molecule has 84 valence electrons. The second-order valence-electron chi connectivity index (χ2n) is 4.62. The van der Waals surface area contributed by atoms with Crippen LogP contribution in [0.1, 0.15) is 72.6 Å². The number of hydrogen-bond donors (Lipinski definition) is 0. The molecule has 0 aromatic rings. The summed E-state index contributed by atoms with van der Waals surface area (Å²) in [5.74, 6) is 1.70. The first-order valence-electron chi connectivity index (χ1n) is 6.59. The zero-order chi connectivity index (χ0) is 10.8. The van der Waals surface area contributed by atoms with E-state index in [2.05, 4.69) is 34.1 Å². The molecule has 0 aliphatic carbocycles. The molecule has 0 aliphatic heterocycles. The Balaban J connectivity index is 3.65. The first-order chi connectivity index (χ1) is 6.74. The predicted octanol–water partition coefficient (Wildman–Crippen LogP) is 5.23. The number of unbranched alkanes of at least 4 members (excludes halogenated alkanes) is 2. The summed E-state index contributed by atoms with van der Waals surface area (Å²) in [6, 6.07) is 0. The Morgan fingerprint density at radius 2 is 1.64 bits per heavy atom. The fraction of sp³-hybridized carbons (Fsp3) is 0.929. The summed E-state index contributed by atoms with van der Waals surface area (Å²) in [4.78, 5) is 0. The van der Waals surface area contributed by atoms with E-state index in [1.807, 2.05) is 0 Å². The highest BCUT2D eigenvalue weighted by molar-refractivity contribution is 4.80. The molecule has 0 spiro atoms. The molecular weight excluding hydrogens is 168 g/mol. The molecule has 0 aromatic carbocycles. The maximum Gasteiger partial charge on any atom is 0.0980 e. The SMILES string of the molecule is CCCCCC([CH+]C(C)CC)CCC. The van der Waals surface area contributed by atoms with Crippen LogP contribution in [0.15, 0.2) is 0 Å². The second kappa shape index (κ2) is 9.43. The third-order valence-electron chi connectivity index (χ3n) is 3.08. The van der Waals surface area contributed by atoms with E-state index < -0.39 is 0 Å². The quantitative estimate of drug-likeness (QED) is 0.350. The second-order valence-corrected chi connectivity index (χ2v) is 4.62. The Morgan fingerprint density at radius 1 is 0.929 bits per heavy atom. The fourth-order valence-electron chi connectivity index (χ4n) is 1.96. The highest BCUT2D eigenvalue weighted by atomic mass is 14.2. The minimum absolute atomic E-state index is 0.813. The van der Waals surface area contributed by atoms with Crippen LogP contribution in [0.5, 0.6) is 0 Å². The molecule has 2 unspecified atom stereocenters. The zero-order valence-electron chi connectivity index (χ0n) is 10.7. The Labute approximate surface area is 91.5 Å². The van der Waals surface area contributed by atoms with Crippen molar-refractivity contribution in [3.8, 4) is 0 Å². The smallest absolute Gasteiger partial charge is 0.0654 e. The first-order valence-corrected chi connectivity index (χ1v) is 6.59. The van der Waals surface area contributed by atoms with Crippen molar-refractivity contribution in [3.05, 3.63) is 6.42 Å². The van der Waals surface area contributed by atoms with Crippen molar-refractivity contribution in [1.82, 2.24) is 0 Å². The van der Waals surface area contributed by atoms with Gasteiger partial charge in [0.1, 0.15) is 0 Å². The van der Waals surface area contributed by atoms with E-state index in [4.69, 9.17) is 0 Å². The normalized spacial score (nSPS) is 15.1. The molecule has 0 saturated heterocycles. The summed E-state index contributed by atoms with van der Waals surface area (Å²) in [5.41, 5.74) is 0. The Bertz CT molecular complexity index is 107. The van der Waals surface area contributed by atoms with Crippen LogP contribution >= 0.6 is 0 Å². The van der Waals surface area contributed by atoms with Gasteiger partial charge in [0.15, 0.2) is 0 Å². The van der Waals surface area contributed by atoms with Crippen molar-refractivity contribution < 1.29 is 0 Å². The van der Waals surface area contributed by atoms with E-state index in [-0.39, 0.29) is 0 Å². The van der Waals surface area contributed by atoms with E-state index in [1.54, 1.807) is 0 Å². The highest BCUT2D eigenvalue weighted by Crippen LogP contribution is 2.23. The van der Waals surface area contributed by atoms with E-state index in [0.29, 0.717) is 0 Å². The molecule has 0 amide bonds. The summed E-state index contributed by atoms with van der Waals surface area (Å²) >= 11 is 0. The molecule has 0 fully saturated rings. The molecule has 0 nitrogen and oxygen atoms in total. The average molecular weight is 197 g/mol. The molecule has 0 N–H and O–H groups in total. The molecule has 0 heterocycles. The van der Waals surface area contributed by atoms with Gasteiger partial charge in [-0.1, -0.05) is 40.0 Å². The van der Waals surface area contributed by atoms with Gasteiger partial charge in [-0.25, -0.2) is 0 Å². The van der Waals surface area contributed by atoms with Gasteiger partial charge in [0, 0.05) is 0 Å². The summed E-state index contributed by atoms with van der Waals surface area (Å²) in [5, 5.41) is 0. The zero-order valence-corrected chi connectivity index (χ0v) is 10.7. The van der Waals surface area contributed by atoms with Gasteiger partial charge in [-0.2, -0.15) is 0 Å². The van der Waals surface area contributed by atoms with Crippen LogP contribution in [0.4, 0.5) is 0 Å². The van der Waals surface area contributed by atoms with Crippen molar-refractivity contribution >= 4 is 0 Å². The standard InChI is InChI=1S/C14H29/c1-5-8-9-11-14(10-6-2)12-13(4)7-3/h12-14H,5-11H2,1-4H3/q+1. The summed E-state index contributed by atoms with van der Waals surface area (Å²) in [7, 11) is 0. The van der Waals surface area contributed by atoms with Crippen LogP contribution in [-0.4, -0.2) is 0 Å². The summed E-state index contributed by atoms with van der Waals surface area (Å²) < 4.78 is 0. The van der Waals surface area contributed by atoms with Gasteiger partial charge in [0.05, 0.1) is 18.3 Å². The van der Waals surface area contributed by atoms with Crippen molar-refractivity contribution in [3.63, 3.8) is 0 Å². The Morgan fingerprint density at radius 3 is 2.14 bits per heavy atom. The maximum atomic E-state index is 2.60. The first kappa shape index (κ1) is 13.9. The van der Waals surface area contributed by atoms with Gasteiger partial charge in [-0.05, 0) is 32.6 Å². The lowest BCUT2D eigenvalue weighted by Crippen LogP contribution is -2.07. The third kappa shape index (κ3) is 7.29. The minimum Gasteiger partial charge on any atom is -0.0654 e. The molecule has 0 rings (SSSR count). The van der Waals surface area contributed by atoms with Crippen molar-refractivity contribution in [2.45, 2.75) is 72.6 Å². The van der Waals surface area contributed by atoms with Gasteiger partial charge < -0.3 is 0 Å². The Kier molecular flexibility index (Phi) is 9.34. The lowest BCUT2D eigenvalue weighted by Gasteiger charge is -2.11. The molecular formula is C14H29+. The molecule has 0 aromatic heterocycles. The van der Waals surface area contributed by atoms with Gasteiger partial charge >= 0.3 is 0 Å². The van der Waals surface area contributed by atoms with Crippen LogP contribution in [0.3, 0.4) is 0 Å². The van der Waals surface area contributed by atoms with Crippen LogP contribution in [0.25, 0.3) is 0 Å². The van der Waals surface area contributed by atoms with Gasteiger partial charge in [-0.3, -0.25) is 0 Å². The number of rotatable bonds is 9. The number of hydrogen-bond acceptors (Lipinski definition) is 0. The molecule has 0 heteroatoms. The van der Waals surface area contributed by atoms with Crippen LogP contribution < -0.4 is 0 Å². The highest BCUT2D eigenvalue weighted by Gasteiger charge is 2.20. The van der Waals surface area contributed by atoms with E-state index in [0.717, 1.165) is 11.8 Å². The monoisotopic (exact) mass is 197 g/mol. The lowest BCUT2D eigenvalue weighted by molar-refractivity contribution is 0.425. The molecule has 14 heavy (non-hydrogen) atoms.